The Morgan fingerprint density at radius 3 is 2.17 bits per heavy atom. The van der Waals surface area contributed by atoms with Gasteiger partial charge < -0.3 is 5.32 Å². The number of benzene rings is 4. The molecule has 1 amide bonds. The molecular formula is C29H28N2O3S2. The van der Waals surface area contributed by atoms with E-state index in [2.05, 4.69) is 5.32 Å². The Morgan fingerprint density at radius 1 is 0.833 bits per heavy atom. The molecule has 0 aliphatic carbocycles. The first-order valence-corrected chi connectivity index (χ1v) is 14.1. The molecular weight excluding hydrogens is 488 g/mol. The molecule has 4 aromatic rings. The van der Waals surface area contributed by atoms with Gasteiger partial charge in [0.05, 0.1) is 24.2 Å². The first kappa shape index (κ1) is 25.5. The van der Waals surface area contributed by atoms with Crippen LogP contribution in [0.2, 0.25) is 0 Å². The highest BCUT2D eigenvalue weighted by Crippen LogP contribution is 2.33. The van der Waals surface area contributed by atoms with Gasteiger partial charge in [0, 0.05) is 15.4 Å². The standard InChI is InChI=1S/C29H28N2O3S2/c1-21-13-18-25(19-22(21)2)31(36(3,33)34)20-23-14-16-24(17-15-23)29(32)30-27-11-7-8-12-28(27)35-26-9-5-4-6-10-26/h4-19H,20H2,1-3H3,(H,30,32). The molecule has 4 aromatic carbocycles. The summed E-state index contributed by atoms with van der Waals surface area (Å²) in [6, 6.07) is 30.3. The molecule has 0 aliphatic heterocycles. The summed E-state index contributed by atoms with van der Waals surface area (Å²) in [4.78, 5) is 15.0. The molecule has 0 heterocycles. The number of anilines is 2. The maximum absolute atomic E-state index is 13.0. The van der Waals surface area contributed by atoms with E-state index in [1.165, 1.54) is 10.6 Å². The zero-order chi connectivity index (χ0) is 25.7. The Morgan fingerprint density at radius 2 is 1.50 bits per heavy atom. The number of amides is 1. The molecule has 0 unspecified atom stereocenters. The van der Waals surface area contributed by atoms with Gasteiger partial charge in [-0.2, -0.15) is 0 Å². The minimum atomic E-state index is -3.49. The van der Waals surface area contributed by atoms with E-state index in [1.54, 1.807) is 36.0 Å². The SMILES string of the molecule is Cc1ccc(N(Cc2ccc(C(=O)Nc3ccccc3Sc3ccccc3)cc2)S(C)(=O)=O)cc1C. The number of nitrogens with one attached hydrogen (secondary N) is 1. The summed E-state index contributed by atoms with van der Waals surface area (Å²) in [6.07, 6.45) is 1.20. The zero-order valence-corrected chi connectivity index (χ0v) is 22.1. The van der Waals surface area contributed by atoms with Crippen molar-refractivity contribution in [2.45, 2.75) is 30.2 Å². The van der Waals surface area contributed by atoms with Gasteiger partial charge in [0.25, 0.3) is 5.91 Å². The Bertz CT molecular complexity index is 1470. The van der Waals surface area contributed by atoms with E-state index >= 15 is 0 Å². The van der Waals surface area contributed by atoms with Gasteiger partial charge >= 0.3 is 0 Å². The van der Waals surface area contributed by atoms with Gasteiger partial charge in [-0.15, -0.1) is 0 Å². The summed E-state index contributed by atoms with van der Waals surface area (Å²) in [6.45, 7) is 4.13. The molecule has 184 valence electrons. The van der Waals surface area contributed by atoms with Crippen molar-refractivity contribution < 1.29 is 13.2 Å². The summed E-state index contributed by atoms with van der Waals surface area (Å²) in [5.41, 5.74) is 4.77. The van der Waals surface area contributed by atoms with E-state index in [9.17, 15) is 13.2 Å². The lowest BCUT2D eigenvalue weighted by atomic mass is 10.1. The molecule has 0 saturated heterocycles. The predicted molar refractivity (Wildman–Crippen MR) is 148 cm³/mol. The molecule has 0 aliphatic rings. The number of carbonyl (C=O) groups excluding carboxylic acids is 1. The second-order valence-corrected chi connectivity index (χ2v) is 11.6. The number of hydrogen-bond acceptors (Lipinski definition) is 4. The molecule has 0 saturated carbocycles. The lowest BCUT2D eigenvalue weighted by Gasteiger charge is -2.23. The third kappa shape index (κ3) is 6.36. The largest absolute Gasteiger partial charge is 0.321 e. The summed E-state index contributed by atoms with van der Waals surface area (Å²) >= 11 is 1.59. The average molecular weight is 517 g/mol. The molecule has 7 heteroatoms. The first-order chi connectivity index (χ1) is 17.2. The van der Waals surface area contributed by atoms with Crippen LogP contribution < -0.4 is 9.62 Å². The van der Waals surface area contributed by atoms with E-state index in [-0.39, 0.29) is 12.5 Å². The monoisotopic (exact) mass is 516 g/mol. The van der Waals surface area contributed by atoms with Crippen LogP contribution in [0.1, 0.15) is 27.0 Å². The fraction of sp³-hybridized carbons (Fsp3) is 0.138. The maximum Gasteiger partial charge on any atom is 0.255 e. The van der Waals surface area contributed by atoms with Crippen molar-refractivity contribution in [3.8, 4) is 0 Å². The highest BCUT2D eigenvalue weighted by atomic mass is 32.2. The minimum Gasteiger partial charge on any atom is -0.321 e. The molecule has 0 radical (unpaired) electrons. The molecule has 0 aromatic heterocycles. The molecule has 0 bridgehead atoms. The molecule has 4 rings (SSSR count). The summed E-state index contributed by atoms with van der Waals surface area (Å²) < 4.78 is 26.4. The third-order valence-electron chi connectivity index (χ3n) is 5.83. The van der Waals surface area contributed by atoms with Crippen LogP contribution >= 0.6 is 11.8 Å². The number of hydrogen-bond donors (Lipinski definition) is 1. The van der Waals surface area contributed by atoms with E-state index in [4.69, 9.17) is 0 Å². The molecule has 0 fully saturated rings. The molecule has 0 atom stereocenters. The maximum atomic E-state index is 13.0. The van der Waals surface area contributed by atoms with Crippen molar-refractivity contribution in [3.05, 3.63) is 119 Å². The molecule has 0 spiro atoms. The minimum absolute atomic E-state index is 0.180. The van der Waals surface area contributed by atoms with Gasteiger partial charge in [-0.3, -0.25) is 9.10 Å². The fourth-order valence-corrected chi connectivity index (χ4v) is 5.48. The summed E-state index contributed by atoms with van der Waals surface area (Å²) in [7, 11) is -3.49. The Labute approximate surface area is 217 Å². The van der Waals surface area contributed by atoms with Crippen LogP contribution in [0.15, 0.2) is 107 Å². The second kappa shape index (κ2) is 11.0. The van der Waals surface area contributed by atoms with Gasteiger partial charge in [0.15, 0.2) is 0 Å². The highest BCUT2D eigenvalue weighted by molar-refractivity contribution is 7.99. The van der Waals surface area contributed by atoms with E-state index in [0.29, 0.717) is 11.3 Å². The van der Waals surface area contributed by atoms with Gasteiger partial charge in [-0.1, -0.05) is 60.3 Å². The van der Waals surface area contributed by atoms with Crippen molar-refractivity contribution >= 4 is 39.1 Å². The quantitative estimate of drug-likeness (QED) is 0.284. The smallest absolute Gasteiger partial charge is 0.255 e. The zero-order valence-electron chi connectivity index (χ0n) is 20.4. The number of nitrogens with zero attached hydrogens (tertiary/aromatic N) is 1. The predicted octanol–water partition coefficient (Wildman–Crippen LogP) is 6.67. The van der Waals surface area contributed by atoms with Gasteiger partial charge in [-0.05, 0) is 79.1 Å². The molecule has 5 nitrogen and oxygen atoms in total. The lowest BCUT2D eigenvalue weighted by Crippen LogP contribution is -2.29. The van der Waals surface area contributed by atoms with E-state index in [1.807, 2.05) is 86.6 Å². The van der Waals surface area contributed by atoms with Gasteiger partial charge in [-0.25, -0.2) is 8.42 Å². The Balaban J connectivity index is 1.49. The van der Waals surface area contributed by atoms with E-state index in [0.717, 1.165) is 32.2 Å². The van der Waals surface area contributed by atoms with Crippen LogP contribution in [0.5, 0.6) is 0 Å². The number of aryl methyl sites for hydroxylation is 2. The highest BCUT2D eigenvalue weighted by Gasteiger charge is 2.19. The summed E-state index contributed by atoms with van der Waals surface area (Å²) in [5, 5.41) is 3.00. The Hall–Kier alpha value is -3.55. The normalized spacial score (nSPS) is 11.2. The Kier molecular flexibility index (Phi) is 7.82. The van der Waals surface area contributed by atoms with Crippen LogP contribution in [0.3, 0.4) is 0 Å². The van der Waals surface area contributed by atoms with Crippen molar-refractivity contribution in [1.29, 1.82) is 0 Å². The first-order valence-electron chi connectivity index (χ1n) is 11.5. The van der Waals surface area contributed by atoms with E-state index < -0.39 is 10.0 Å². The third-order valence-corrected chi connectivity index (χ3v) is 8.05. The topological polar surface area (TPSA) is 66.5 Å². The number of sulfonamides is 1. The van der Waals surface area contributed by atoms with Gasteiger partial charge in [0.2, 0.25) is 10.0 Å². The van der Waals surface area contributed by atoms with Crippen molar-refractivity contribution in [3.63, 3.8) is 0 Å². The number of rotatable bonds is 8. The van der Waals surface area contributed by atoms with Crippen molar-refractivity contribution in [2.24, 2.45) is 0 Å². The second-order valence-electron chi connectivity index (χ2n) is 8.60. The molecule has 1 N–H and O–H groups in total. The number of carbonyl (C=O) groups is 1. The van der Waals surface area contributed by atoms with Crippen LogP contribution in [0.4, 0.5) is 11.4 Å². The van der Waals surface area contributed by atoms with Crippen molar-refractivity contribution in [2.75, 3.05) is 15.9 Å². The fourth-order valence-electron chi connectivity index (χ4n) is 3.68. The van der Waals surface area contributed by atoms with Crippen LogP contribution in [-0.4, -0.2) is 20.6 Å². The van der Waals surface area contributed by atoms with Gasteiger partial charge in [0.1, 0.15) is 0 Å². The van der Waals surface area contributed by atoms with Crippen LogP contribution in [0.25, 0.3) is 0 Å². The van der Waals surface area contributed by atoms with Crippen LogP contribution in [-0.2, 0) is 16.6 Å². The lowest BCUT2D eigenvalue weighted by molar-refractivity contribution is 0.102. The summed E-state index contributed by atoms with van der Waals surface area (Å²) in [5.74, 6) is -0.225. The molecule has 36 heavy (non-hydrogen) atoms. The number of para-hydroxylation sites is 1. The van der Waals surface area contributed by atoms with Crippen molar-refractivity contribution in [1.82, 2.24) is 0 Å². The average Bonchev–Trinajstić information content (AvgIpc) is 2.86. The van der Waals surface area contributed by atoms with Crippen LogP contribution in [0, 0.1) is 13.8 Å².